The van der Waals surface area contributed by atoms with E-state index in [-0.39, 0.29) is 62.7 Å². The van der Waals surface area contributed by atoms with Gasteiger partial charge in [-0.05, 0) is 43.8 Å². The maximum absolute atomic E-state index is 12.1. The number of rotatable bonds is 1. The van der Waals surface area contributed by atoms with Crippen molar-refractivity contribution in [3.8, 4) is 0 Å². The number of hydrogen-bond donors (Lipinski definition) is 1. The second kappa shape index (κ2) is 6.39. The normalized spacial score (nSPS) is 12.2. The van der Waals surface area contributed by atoms with E-state index < -0.39 is 10.1 Å². The van der Waals surface area contributed by atoms with Gasteiger partial charge in [-0.2, -0.15) is 8.42 Å². The van der Waals surface area contributed by atoms with Crippen molar-refractivity contribution in [3.63, 3.8) is 0 Å². The molecule has 5 rings (SSSR count). The predicted octanol–water partition coefficient (Wildman–Crippen LogP) is 2.75. The summed E-state index contributed by atoms with van der Waals surface area (Å²) in [5.41, 5.74) is 0. The SMILES string of the molecule is O=S(=O)(O)c1c(Cl)cc2cccc3c4cccc5cccc(c1c23)c54.[H-].[K+]. The molecule has 0 aliphatic rings. The van der Waals surface area contributed by atoms with Gasteiger partial charge in [-0.3, -0.25) is 4.55 Å². The van der Waals surface area contributed by atoms with Crippen molar-refractivity contribution in [2.24, 2.45) is 0 Å². The standard InChI is InChI=1S/C20H11ClO3S.K.H/c21-16-10-12-6-3-8-14-13-7-1-4-11-5-2-9-15(17(11)13)19(18(12)14)20(16)25(22,23)24;;/h1-10H,(H,22,23,24);;/q;+1;-1. The Balaban J connectivity index is 0.00000105. The van der Waals surface area contributed by atoms with E-state index in [1.54, 1.807) is 6.07 Å². The Morgan fingerprint density at radius 2 is 1.31 bits per heavy atom. The van der Waals surface area contributed by atoms with E-state index in [9.17, 15) is 13.0 Å². The average Bonchev–Trinajstić information content (AvgIpc) is 2.57. The van der Waals surface area contributed by atoms with Gasteiger partial charge in [0.15, 0.2) is 0 Å². The van der Waals surface area contributed by atoms with Crippen molar-refractivity contribution >= 4 is 64.8 Å². The van der Waals surface area contributed by atoms with Gasteiger partial charge in [0.1, 0.15) is 4.90 Å². The Morgan fingerprint density at radius 1 is 0.769 bits per heavy atom. The van der Waals surface area contributed by atoms with Crippen molar-refractivity contribution in [1.82, 2.24) is 0 Å². The zero-order chi connectivity index (χ0) is 17.3. The first-order chi connectivity index (χ1) is 12.0. The molecule has 0 aromatic heterocycles. The van der Waals surface area contributed by atoms with Crippen LogP contribution in [0.25, 0.3) is 43.1 Å². The quantitative estimate of drug-likeness (QED) is 0.201. The molecule has 5 aromatic carbocycles. The molecule has 6 heteroatoms. The fourth-order valence-electron chi connectivity index (χ4n) is 3.91. The Kier molecular flexibility index (Phi) is 4.57. The molecule has 124 valence electrons. The van der Waals surface area contributed by atoms with Gasteiger partial charge >= 0.3 is 51.4 Å². The summed E-state index contributed by atoms with van der Waals surface area (Å²) in [6.07, 6.45) is 0. The smallest absolute Gasteiger partial charge is 1.00 e. The molecule has 26 heavy (non-hydrogen) atoms. The zero-order valence-corrected chi connectivity index (χ0v) is 18.5. The molecule has 0 atom stereocenters. The molecule has 0 radical (unpaired) electrons. The number of fused-ring (bicyclic) bond motifs is 2. The van der Waals surface area contributed by atoms with E-state index in [1.807, 2.05) is 54.6 Å². The van der Waals surface area contributed by atoms with Gasteiger partial charge in [0.05, 0.1) is 5.02 Å². The summed E-state index contributed by atoms with van der Waals surface area (Å²) in [6.45, 7) is 0. The Labute approximate surface area is 198 Å². The van der Waals surface area contributed by atoms with E-state index in [1.165, 1.54) is 0 Å². The first-order valence-corrected chi connectivity index (χ1v) is 9.54. The zero-order valence-electron chi connectivity index (χ0n) is 14.8. The van der Waals surface area contributed by atoms with E-state index >= 15 is 0 Å². The van der Waals surface area contributed by atoms with Crippen LogP contribution in [0.1, 0.15) is 1.43 Å². The van der Waals surface area contributed by atoms with E-state index in [2.05, 4.69) is 0 Å². The summed E-state index contributed by atoms with van der Waals surface area (Å²) in [4.78, 5) is -0.226. The molecule has 0 bridgehead atoms. The third kappa shape index (κ3) is 2.54. The van der Waals surface area contributed by atoms with Crippen LogP contribution >= 0.6 is 11.6 Å². The number of benzene rings is 5. The minimum Gasteiger partial charge on any atom is -1.00 e. The molecule has 0 aliphatic heterocycles. The molecule has 1 N–H and O–H groups in total. The first kappa shape index (κ1) is 18.6. The Hall–Kier alpha value is -0.764. The van der Waals surface area contributed by atoms with Gasteiger partial charge in [-0.25, -0.2) is 0 Å². The molecule has 0 spiro atoms. The summed E-state index contributed by atoms with van der Waals surface area (Å²) in [6, 6.07) is 19.2. The minimum atomic E-state index is -4.48. The molecule has 0 fully saturated rings. The first-order valence-electron chi connectivity index (χ1n) is 7.72. The van der Waals surface area contributed by atoms with Crippen molar-refractivity contribution < 1.29 is 65.8 Å². The minimum absolute atomic E-state index is 0. The van der Waals surface area contributed by atoms with Crippen LogP contribution in [-0.2, 0) is 10.1 Å². The topological polar surface area (TPSA) is 54.4 Å². The fourth-order valence-corrected chi connectivity index (χ4v) is 5.19. The van der Waals surface area contributed by atoms with Crippen LogP contribution in [0.5, 0.6) is 0 Å². The summed E-state index contributed by atoms with van der Waals surface area (Å²) >= 11 is 6.27. The van der Waals surface area contributed by atoms with Crippen LogP contribution in [0.15, 0.2) is 65.6 Å². The summed E-state index contributed by atoms with van der Waals surface area (Å²) in [7, 11) is -4.48. The number of halogens is 1. The van der Waals surface area contributed by atoms with Gasteiger partial charge in [-0.1, -0.05) is 66.2 Å². The third-order valence-electron chi connectivity index (χ3n) is 4.80. The predicted molar refractivity (Wildman–Crippen MR) is 104 cm³/mol. The molecular formula is C20H12ClKO3S. The monoisotopic (exact) mass is 406 g/mol. The maximum atomic E-state index is 12.1. The Bertz CT molecular complexity index is 1430. The summed E-state index contributed by atoms with van der Waals surface area (Å²) in [5, 5.41) is 6.89. The van der Waals surface area contributed by atoms with Crippen molar-refractivity contribution in [3.05, 3.63) is 65.7 Å². The molecular weight excluding hydrogens is 395 g/mol. The maximum Gasteiger partial charge on any atom is 1.00 e. The van der Waals surface area contributed by atoms with Crippen LogP contribution < -0.4 is 51.4 Å². The van der Waals surface area contributed by atoms with Gasteiger partial charge in [-0.15, -0.1) is 0 Å². The third-order valence-corrected chi connectivity index (χ3v) is 6.15. The molecule has 0 amide bonds. The van der Waals surface area contributed by atoms with E-state index in [4.69, 9.17) is 11.6 Å². The largest absolute Gasteiger partial charge is 1.00 e. The second-order valence-electron chi connectivity index (χ2n) is 6.15. The van der Waals surface area contributed by atoms with Crippen LogP contribution in [0, 0.1) is 0 Å². The van der Waals surface area contributed by atoms with Gasteiger partial charge in [0.2, 0.25) is 0 Å². The van der Waals surface area contributed by atoms with Crippen molar-refractivity contribution in [2.75, 3.05) is 0 Å². The van der Waals surface area contributed by atoms with Crippen molar-refractivity contribution in [2.45, 2.75) is 4.90 Å². The molecule has 0 unspecified atom stereocenters. The summed E-state index contributed by atoms with van der Waals surface area (Å²) < 4.78 is 34.1. The van der Waals surface area contributed by atoms with Crippen LogP contribution in [0.4, 0.5) is 0 Å². The van der Waals surface area contributed by atoms with Crippen LogP contribution in [0.3, 0.4) is 0 Å². The molecule has 0 heterocycles. The van der Waals surface area contributed by atoms with Gasteiger partial charge < -0.3 is 1.43 Å². The van der Waals surface area contributed by atoms with E-state index in [0.717, 1.165) is 37.7 Å². The van der Waals surface area contributed by atoms with Gasteiger partial charge in [0.25, 0.3) is 10.1 Å². The van der Waals surface area contributed by atoms with Crippen LogP contribution in [-0.4, -0.2) is 13.0 Å². The fraction of sp³-hybridized carbons (Fsp3) is 0. The van der Waals surface area contributed by atoms with Crippen molar-refractivity contribution in [1.29, 1.82) is 0 Å². The molecule has 3 nitrogen and oxygen atoms in total. The second-order valence-corrected chi connectivity index (χ2v) is 7.92. The van der Waals surface area contributed by atoms with E-state index in [0.29, 0.717) is 5.39 Å². The molecule has 0 saturated carbocycles. The van der Waals surface area contributed by atoms with Crippen LogP contribution in [0.2, 0.25) is 5.02 Å². The van der Waals surface area contributed by atoms with Gasteiger partial charge in [0, 0.05) is 5.39 Å². The Morgan fingerprint density at radius 3 is 1.92 bits per heavy atom. The molecule has 0 aliphatic carbocycles. The molecule has 5 aromatic rings. The molecule has 0 saturated heterocycles. The summed E-state index contributed by atoms with van der Waals surface area (Å²) in [5.74, 6) is 0. The number of hydrogen-bond acceptors (Lipinski definition) is 2. The average molecular weight is 407 g/mol.